The highest BCUT2D eigenvalue weighted by Gasteiger charge is 2.05. The van der Waals surface area contributed by atoms with Gasteiger partial charge in [0.15, 0.2) is 6.61 Å². The van der Waals surface area contributed by atoms with Gasteiger partial charge in [0, 0.05) is 32.4 Å². The molecule has 5 nitrogen and oxygen atoms in total. The van der Waals surface area contributed by atoms with Crippen LogP contribution in [0, 0.1) is 0 Å². The molecule has 0 aliphatic rings. The molecule has 0 unspecified atom stereocenters. The Balaban J connectivity index is 1.70. The van der Waals surface area contributed by atoms with Gasteiger partial charge in [0.05, 0.1) is 0 Å². The van der Waals surface area contributed by atoms with E-state index >= 15 is 0 Å². The number of hydrogen-bond donors (Lipinski definition) is 1. The van der Waals surface area contributed by atoms with Gasteiger partial charge in [-0.2, -0.15) is 11.3 Å². The lowest BCUT2D eigenvalue weighted by Gasteiger charge is -2.12. The lowest BCUT2D eigenvalue weighted by atomic mass is 10.2. The predicted octanol–water partition coefficient (Wildman–Crippen LogP) is 2.69. The molecule has 0 aliphatic heterocycles. The van der Waals surface area contributed by atoms with Crippen molar-refractivity contribution in [2.75, 3.05) is 25.6 Å². The fourth-order valence-electron chi connectivity index (χ4n) is 1.88. The van der Waals surface area contributed by atoms with Crippen molar-refractivity contribution in [2.45, 2.75) is 6.54 Å². The first-order valence-electron chi connectivity index (χ1n) is 7.44. The number of nitrogens with one attached hydrogen (secondary N) is 1. The van der Waals surface area contributed by atoms with E-state index in [1.807, 2.05) is 60.1 Å². The van der Waals surface area contributed by atoms with Gasteiger partial charge in [0.1, 0.15) is 0 Å². The Hall–Kier alpha value is -2.60. The maximum atomic E-state index is 11.7. The molecule has 0 atom stereocenters. The van der Waals surface area contributed by atoms with Gasteiger partial charge in [0.2, 0.25) is 0 Å². The van der Waals surface area contributed by atoms with Gasteiger partial charge in [-0.3, -0.25) is 4.79 Å². The third-order valence-corrected chi connectivity index (χ3v) is 3.94. The first-order valence-corrected chi connectivity index (χ1v) is 8.39. The van der Waals surface area contributed by atoms with Crippen molar-refractivity contribution >= 4 is 35.0 Å². The van der Waals surface area contributed by atoms with Gasteiger partial charge >= 0.3 is 5.97 Å². The lowest BCUT2D eigenvalue weighted by Crippen LogP contribution is -2.28. The van der Waals surface area contributed by atoms with E-state index in [0.29, 0.717) is 6.54 Å². The Morgan fingerprint density at radius 1 is 1.21 bits per heavy atom. The normalized spacial score (nSPS) is 10.6. The van der Waals surface area contributed by atoms with Crippen molar-refractivity contribution in [1.82, 2.24) is 5.32 Å². The Bertz CT molecular complexity index is 692. The van der Waals surface area contributed by atoms with Gasteiger partial charge in [-0.15, -0.1) is 0 Å². The Morgan fingerprint density at radius 3 is 2.58 bits per heavy atom. The van der Waals surface area contributed by atoms with E-state index in [1.54, 1.807) is 17.4 Å². The number of nitrogens with zero attached hydrogens (tertiary/aromatic N) is 1. The van der Waals surface area contributed by atoms with Crippen LogP contribution in [0.1, 0.15) is 11.1 Å². The van der Waals surface area contributed by atoms with E-state index in [9.17, 15) is 9.59 Å². The fraction of sp³-hybridized carbons (Fsp3) is 0.222. The van der Waals surface area contributed by atoms with Crippen molar-refractivity contribution in [3.05, 3.63) is 58.3 Å². The molecule has 24 heavy (non-hydrogen) atoms. The summed E-state index contributed by atoms with van der Waals surface area (Å²) in [6, 6.07) is 9.76. The standard InChI is InChI=1S/C18H20N2O3S/c1-20(2)16-6-3-14(4-7-16)11-19-17(21)12-23-18(22)8-5-15-9-10-24-13-15/h3-10,13H,11-12H2,1-2H3,(H,19,21)/b8-5+. The zero-order chi connectivity index (χ0) is 17.4. The summed E-state index contributed by atoms with van der Waals surface area (Å²) in [7, 11) is 3.94. The molecule has 1 N–H and O–H groups in total. The van der Waals surface area contributed by atoms with E-state index in [0.717, 1.165) is 16.8 Å². The monoisotopic (exact) mass is 344 g/mol. The highest BCUT2D eigenvalue weighted by Crippen LogP contribution is 2.12. The number of rotatable bonds is 7. The number of ether oxygens (including phenoxy) is 1. The first-order chi connectivity index (χ1) is 11.5. The first kappa shape index (κ1) is 17.7. The van der Waals surface area contributed by atoms with Crippen LogP contribution in [-0.4, -0.2) is 32.6 Å². The summed E-state index contributed by atoms with van der Waals surface area (Å²) < 4.78 is 4.90. The molecule has 0 saturated heterocycles. The highest BCUT2D eigenvalue weighted by atomic mass is 32.1. The average Bonchev–Trinajstić information content (AvgIpc) is 3.10. The quantitative estimate of drug-likeness (QED) is 0.620. The summed E-state index contributed by atoms with van der Waals surface area (Å²) in [5.41, 5.74) is 3.01. The van der Waals surface area contributed by atoms with Crippen LogP contribution in [0.25, 0.3) is 6.08 Å². The van der Waals surface area contributed by atoms with E-state index in [1.165, 1.54) is 6.08 Å². The van der Waals surface area contributed by atoms with Crippen LogP contribution in [0.2, 0.25) is 0 Å². The van der Waals surface area contributed by atoms with Crippen LogP contribution in [0.15, 0.2) is 47.2 Å². The van der Waals surface area contributed by atoms with Crippen molar-refractivity contribution in [3.8, 4) is 0 Å². The van der Waals surface area contributed by atoms with Gasteiger partial charge in [-0.1, -0.05) is 12.1 Å². The Morgan fingerprint density at radius 2 is 1.96 bits per heavy atom. The van der Waals surface area contributed by atoms with Crippen LogP contribution < -0.4 is 10.2 Å². The van der Waals surface area contributed by atoms with Crippen LogP contribution in [0.5, 0.6) is 0 Å². The molecule has 0 aliphatic carbocycles. The molecular formula is C18H20N2O3S. The van der Waals surface area contributed by atoms with Gasteiger partial charge in [-0.05, 0) is 46.2 Å². The van der Waals surface area contributed by atoms with E-state index < -0.39 is 5.97 Å². The molecule has 0 bridgehead atoms. The van der Waals surface area contributed by atoms with Crippen LogP contribution in [-0.2, 0) is 20.9 Å². The van der Waals surface area contributed by atoms with Gasteiger partial charge in [0.25, 0.3) is 5.91 Å². The van der Waals surface area contributed by atoms with Crippen molar-refractivity contribution in [3.63, 3.8) is 0 Å². The number of hydrogen-bond acceptors (Lipinski definition) is 5. The third kappa shape index (κ3) is 5.89. The topological polar surface area (TPSA) is 58.6 Å². The number of amides is 1. The molecule has 126 valence electrons. The highest BCUT2D eigenvalue weighted by molar-refractivity contribution is 7.08. The largest absolute Gasteiger partial charge is 0.452 e. The lowest BCUT2D eigenvalue weighted by molar-refractivity contribution is -0.143. The fourth-order valence-corrected chi connectivity index (χ4v) is 2.51. The van der Waals surface area contributed by atoms with Gasteiger partial charge in [-0.25, -0.2) is 4.79 Å². The number of thiophene rings is 1. The summed E-state index contributed by atoms with van der Waals surface area (Å²) in [6.07, 6.45) is 2.97. The van der Waals surface area contributed by atoms with E-state index in [-0.39, 0.29) is 12.5 Å². The van der Waals surface area contributed by atoms with Crippen LogP contribution in [0.4, 0.5) is 5.69 Å². The number of carbonyl (C=O) groups is 2. The summed E-state index contributed by atoms with van der Waals surface area (Å²) in [6.45, 7) is 0.109. The number of anilines is 1. The number of benzene rings is 1. The SMILES string of the molecule is CN(C)c1ccc(CNC(=O)COC(=O)/C=C/c2ccsc2)cc1. The summed E-state index contributed by atoms with van der Waals surface area (Å²) in [4.78, 5) is 25.2. The molecule has 0 radical (unpaired) electrons. The summed E-state index contributed by atoms with van der Waals surface area (Å²) in [5, 5.41) is 6.56. The molecule has 1 aromatic heterocycles. The van der Waals surface area contributed by atoms with Crippen molar-refractivity contribution in [2.24, 2.45) is 0 Å². The molecule has 1 aromatic carbocycles. The van der Waals surface area contributed by atoms with Crippen LogP contribution >= 0.6 is 11.3 Å². The second kappa shape index (κ2) is 8.88. The number of carbonyl (C=O) groups excluding carboxylic acids is 2. The Labute approximate surface area is 145 Å². The maximum absolute atomic E-state index is 11.7. The third-order valence-electron chi connectivity index (χ3n) is 3.24. The van der Waals surface area contributed by atoms with E-state index in [4.69, 9.17) is 4.74 Å². The second-order valence-electron chi connectivity index (χ2n) is 5.34. The molecule has 0 spiro atoms. The molecule has 6 heteroatoms. The summed E-state index contributed by atoms with van der Waals surface area (Å²) >= 11 is 1.55. The smallest absolute Gasteiger partial charge is 0.331 e. The average molecular weight is 344 g/mol. The maximum Gasteiger partial charge on any atom is 0.331 e. The molecule has 2 rings (SSSR count). The molecular weight excluding hydrogens is 324 g/mol. The summed E-state index contributed by atoms with van der Waals surface area (Å²) in [5.74, 6) is -0.865. The molecule has 0 saturated carbocycles. The van der Waals surface area contributed by atoms with Gasteiger partial charge < -0.3 is 15.0 Å². The minimum Gasteiger partial charge on any atom is -0.452 e. The molecule has 2 aromatic rings. The minimum atomic E-state index is -0.535. The Kier molecular flexibility index (Phi) is 6.57. The van der Waals surface area contributed by atoms with Crippen LogP contribution in [0.3, 0.4) is 0 Å². The van der Waals surface area contributed by atoms with Crippen molar-refractivity contribution in [1.29, 1.82) is 0 Å². The predicted molar refractivity (Wildman–Crippen MR) is 96.9 cm³/mol. The zero-order valence-electron chi connectivity index (χ0n) is 13.7. The molecule has 1 heterocycles. The zero-order valence-corrected chi connectivity index (χ0v) is 14.5. The van der Waals surface area contributed by atoms with Crippen molar-refractivity contribution < 1.29 is 14.3 Å². The second-order valence-corrected chi connectivity index (χ2v) is 6.12. The number of esters is 1. The van der Waals surface area contributed by atoms with E-state index in [2.05, 4.69) is 5.32 Å². The molecule has 1 amide bonds. The minimum absolute atomic E-state index is 0.289. The molecule has 0 fully saturated rings.